The Kier molecular flexibility index (Phi) is 8.26. The Balaban J connectivity index is 3.39. The number of hydrogen-bond acceptors (Lipinski definition) is 1. The highest BCUT2D eigenvalue weighted by Gasteiger charge is 2.05. The van der Waals surface area contributed by atoms with Gasteiger partial charge >= 0.3 is 0 Å². The van der Waals surface area contributed by atoms with Crippen molar-refractivity contribution < 1.29 is 0 Å². The van der Waals surface area contributed by atoms with Gasteiger partial charge < -0.3 is 4.90 Å². The molecule has 1 heteroatoms. The average molecular weight is 199 g/mol. The Morgan fingerprint density at radius 2 is 1.71 bits per heavy atom. The largest absolute Gasteiger partial charge is 0.306 e. The second kappa shape index (κ2) is 8.28. The van der Waals surface area contributed by atoms with E-state index in [1.807, 2.05) is 0 Å². The molecule has 0 aliphatic rings. The smallest absolute Gasteiger partial charge is 0.000397 e. The van der Waals surface area contributed by atoms with Crippen molar-refractivity contribution in [3.63, 3.8) is 0 Å². The van der Waals surface area contributed by atoms with E-state index in [-0.39, 0.29) is 0 Å². The summed E-state index contributed by atoms with van der Waals surface area (Å²) in [4.78, 5) is 2.49. The molecule has 0 bridgehead atoms. The van der Waals surface area contributed by atoms with E-state index in [4.69, 9.17) is 0 Å². The highest BCUT2D eigenvalue weighted by Crippen LogP contribution is 2.08. The Bertz CT molecular complexity index is 120. The molecule has 0 saturated carbocycles. The summed E-state index contributed by atoms with van der Waals surface area (Å²) in [5.74, 6) is 1.72. The zero-order chi connectivity index (χ0) is 11.0. The third kappa shape index (κ3) is 8.55. The van der Waals surface area contributed by atoms with E-state index in [1.54, 1.807) is 0 Å². The molecule has 0 spiro atoms. The van der Waals surface area contributed by atoms with Crippen molar-refractivity contribution in [1.82, 2.24) is 4.90 Å². The van der Waals surface area contributed by atoms with Crippen molar-refractivity contribution in [2.24, 2.45) is 11.8 Å². The molecule has 14 heavy (non-hydrogen) atoms. The number of hydrogen-bond donors (Lipinski definition) is 0. The van der Waals surface area contributed by atoms with Crippen molar-refractivity contribution >= 4 is 0 Å². The van der Waals surface area contributed by atoms with Gasteiger partial charge in [0.2, 0.25) is 0 Å². The molecule has 0 aromatic heterocycles. The predicted octanol–water partition coefficient (Wildman–Crippen LogP) is 3.79. The predicted molar refractivity (Wildman–Crippen MR) is 65.6 cm³/mol. The Labute approximate surface area is 90.9 Å². The zero-order valence-corrected chi connectivity index (χ0v) is 10.8. The fraction of sp³-hybridized carbons (Fsp3) is 1.00. The van der Waals surface area contributed by atoms with Crippen molar-refractivity contribution in [1.29, 1.82) is 0 Å². The van der Waals surface area contributed by atoms with Crippen LogP contribution in [0, 0.1) is 11.8 Å². The molecule has 0 aromatic rings. The van der Waals surface area contributed by atoms with E-state index >= 15 is 0 Å². The fourth-order valence-corrected chi connectivity index (χ4v) is 1.98. The maximum Gasteiger partial charge on any atom is 0.000397 e. The van der Waals surface area contributed by atoms with Crippen molar-refractivity contribution in [2.45, 2.75) is 53.4 Å². The van der Waals surface area contributed by atoms with E-state index in [0.29, 0.717) is 0 Å². The molecule has 0 N–H and O–H groups in total. The average Bonchev–Trinajstić information content (AvgIpc) is 2.03. The minimum Gasteiger partial charge on any atom is -0.306 e. The monoisotopic (exact) mass is 199 g/mol. The molecule has 0 radical (unpaired) electrons. The molecule has 1 atom stereocenters. The standard InChI is InChI=1S/C13H29N/c1-6-8-13(4)11-14(5)10-7-9-12(2)3/h12-13H,6-11H2,1-5H3. The van der Waals surface area contributed by atoms with Gasteiger partial charge in [0.15, 0.2) is 0 Å². The maximum atomic E-state index is 2.49. The van der Waals surface area contributed by atoms with Gasteiger partial charge in [-0.15, -0.1) is 0 Å². The molecular formula is C13H29N. The van der Waals surface area contributed by atoms with E-state index in [9.17, 15) is 0 Å². The Hall–Kier alpha value is -0.0400. The highest BCUT2D eigenvalue weighted by molar-refractivity contribution is 4.59. The SMILES string of the molecule is CCCC(C)CN(C)CCCC(C)C. The van der Waals surface area contributed by atoms with Crippen LogP contribution in [0.5, 0.6) is 0 Å². The van der Waals surface area contributed by atoms with Crippen LogP contribution in [-0.2, 0) is 0 Å². The molecular weight excluding hydrogens is 170 g/mol. The van der Waals surface area contributed by atoms with Crippen LogP contribution in [0.3, 0.4) is 0 Å². The topological polar surface area (TPSA) is 3.24 Å². The highest BCUT2D eigenvalue weighted by atomic mass is 15.1. The summed E-state index contributed by atoms with van der Waals surface area (Å²) in [6.45, 7) is 11.8. The van der Waals surface area contributed by atoms with Crippen molar-refractivity contribution in [3.8, 4) is 0 Å². The summed E-state index contributed by atoms with van der Waals surface area (Å²) < 4.78 is 0. The third-order valence-corrected chi connectivity index (χ3v) is 2.73. The first kappa shape index (κ1) is 14.0. The maximum absolute atomic E-state index is 2.49. The first-order valence-corrected chi connectivity index (χ1v) is 6.24. The summed E-state index contributed by atoms with van der Waals surface area (Å²) in [5, 5.41) is 0. The van der Waals surface area contributed by atoms with Crippen molar-refractivity contribution in [2.75, 3.05) is 20.1 Å². The van der Waals surface area contributed by atoms with Gasteiger partial charge in [-0.05, 0) is 44.7 Å². The first-order valence-electron chi connectivity index (χ1n) is 6.24. The van der Waals surface area contributed by atoms with Crippen LogP contribution in [0.4, 0.5) is 0 Å². The van der Waals surface area contributed by atoms with Gasteiger partial charge in [0.1, 0.15) is 0 Å². The quantitative estimate of drug-likeness (QED) is 0.575. The third-order valence-electron chi connectivity index (χ3n) is 2.73. The molecule has 86 valence electrons. The molecule has 0 amide bonds. The molecule has 1 unspecified atom stereocenters. The van der Waals surface area contributed by atoms with E-state index < -0.39 is 0 Å². The van der Waals surface area contributed by atoms with Crippen LogP contribution in [0.15, 0.2) is 0 Å². The Morgan fingerprint density at radius 3 is 2.21 bits per heavy atom. The summed E-state index contributed by atoms with van der Waals surface area (Å²) in [7, 11) is 2.26. The molecule has 0 heterocycles. The van der Waals surface area contributed by atoms with Gasteiger partial charge in [-0.1, -0.05) is 34.1 Å². The van der Waals surface area contributed by atoms with E-state index in [1.165, 1.54) is 38.8 Å². The van der Waals surface area contributed by atoms with Gasteiger partial charge in [0, 0.05) is 6.54 Å². The van der Waals surface area contributed by atoms with Crippen LogP contribution in [0.1, 0.15) is 53.4 Å². The molecule has 1 nitrogen and oxygen atoms in total. The lowest BCUT2D eigenvalue weighted by molar-refractivity contribution is 0.268. The van der Waals surface area contributed by atoms with Crippen LogP contribution < -0.4 is 0 Å². The molecule has 0 saturated heterocycles. The number of nitrogens with zero attached hydrogens (tertiary/aromatic N) is 1. The number of rotatable bonds is 8. The second-order valence-electron chi connectivity index (χ2n) is 5.19. The summed E-state index contributed by atoms with van der Waals surface area (Å²) in [6, 6.07) is 0. The van der Waals surface area contributed by atoms with Gasteiger partial charge in [-0.3, -0.25) is 0 Å². The summed E-state index contributed by atoms with van der Waals surface area (Å²) in [6.07, 6.45) is 5.41. The summed E-state index contributed by atoms with van der Waals surface area (Å²) in [5.41, 5.74) is 0. The minimum absolute atomic E-state index is 0.858. The minimum atomic E-state index is 0.858. The van der Waals surface area contributed by atoms with E-state index in [2.05, 4.69) is 39.6 Å². The lowest BCUT2D eigenvalue weighted by atomic mass is 10.1. The Morgan fingerprint density at radius 1 is 1.07 bits per heavy atom. The van der Waals surface area contributed by atoms with Crippen molar-refractivity contribution in [3.05, 3.63) is 0 Å². The van der Waals surface area contributed by atoms with Gasteiger partial charge in [-0.25, -0.2) is 0 Å². The second-order valence-corrected chi connectivity index (χ2v) is 5.19. The zero-order valence-electron chi connectivity index (χ0n) is 10.8. The molecule has 0 fully saturated rings. The van der Waals surface area contributed by atoms with Crippen LogP contribution >= 0.6 is 0 Å². The fourth-order valence-electron chi connectivity index (χ4n) is 1.98. The van der Waals surface area contributed by atoms with Gasteiger partial charge in [-0.2, -0.15) is 0 Å². The van der Waals surface area contributed by atoms with Crippen LogP contribution in [0.2, 0.25) is 0 Å². The molecule has 0 aromatic carbocycles. The lowest BCUT2D eigenvalue weighted by Gasteiger charge is -2.21. The van der Waals surface area contributed by atoms with Gasteiger partial charge in [0.05, 0.1) is 0 Å². The lowest BCUT2D eigenvalue weighted by Crippen LogP contribution is -2.25. The first-order chi connectivity index (χ1) is 6.56. The molecule has 0 aliphatic carbocycles. The van der Waals surface area contributed by atoms with Crippen LogP contribution in [-0.4, -0.2) is 25.0 Å². The van der Waals surface area contributed by atoms with Gasteiger partial charge in [0.25, 0.3) is 0 Å². The van der Waals surface area contributed by atoms with Crippen LogP contribution in [0.25, 0.3) is 0 Å². The summed E-state index contributed by atoms with van der Waals surface area (Å²) >= 11 is 0. The normalized spacial score (nSPS) is 13.9. The van der Waals surface area contributed by atoms with E-state index in [0.717, 1.165) is 11.8 Å². The molecule has 0 rings (SSSR count). The molecule has 0 aliphatic heterocycles.